The van der Waals surface area contributed by atoms with E-state index >= 15 is 0 Å². The highest BCUT2D eigenvalue weighted by Gasteiger charge is 2.35. The number of nitrogens with one attached hydrogen (secondary N) is 2. The molecule has 2 N–H and O–H groups in total. The van der Waals surface area contributed by atoms with Crippen molar-refractivity contribution in [1.29, 1.82) is 5.26 Å². The summed E-state index contributed by atoms with van der Waals surface area (Å²) < 4.78 is 28.4. The number of benzene rings is 2. The number of fused-ring (bicyclic) bond motifs is 1. The van der Waals surface area contributed by atoms with Crippen molar-refractivity contribution in [3.8, 4) is 6.07 Å². The van der Waals surface area contributed by atoms with Crippen molar-refractivity contribution >= 4 is 15.9 Å². The van der Waals surface area contributed by atoms with E-state index in [9.17, 15) is 18.5 Å². The van der Waals surface area contributed by atoms with Crippen LogP contribution in [-0.4, -0.2) is 37.3 Å². The van der Waals surface area contributed by atoms with E-state index in [1.54, 1.807) is 12.1 Å². The molecule has 1 saturated heterocycles. The van der Waals surface area contributed by atoms with E-state index in [1.807, 2.05) is 6.07 Å². The smallest absolute Gasteiger partial charge is 0.243 e. The Bertz CT molecular complexity index is 1300. The van der Waals surface area contributed by atoms with Gasteiger partial charge in [0.05, 0.1) is 22.6 Å². The number of hydrogen-bond donors (Lipinski definition) is 2. The number of piperidine rings is 1. The van der Waals surface area contributed by atoms with E-state index in [-0.39, 0.29) is 29.3 Å². The fraction of sp³-hybridized carbons (Fsp3) is 0.533. The Morgan fingerprint density at radius 3 is 2.63 bits per heavy atom. The first-order valence-corrected chi connectivity index (χ1v) is 15.5. The molecule has 5 rings (SSSR count). The van der Waals surface area contributed by atoms with Crippen LogP contribution < -0.4 is 10.6 Å². The van der Waals surface area contributed by atoms with Gasteiger partial charge in [0.1, 0.15) is 0 Å². The van der Waals surface area contributed by atoms with Crippen LogP contribution in [0.5, 0.6) is 0 Å². The molecule has 2 aliphatic carbocycles. The maximum Gasteiger partial charge on any atom is 0.243 e. The average molecular weight is 535 g/mol. The Morgan fingerprint density at radius 2 is 1.82 bits per heavy atom. The molecule has 1 aliphatic heterocycles. The van der Waals surface area contributed by atoms with Gasteiger partial charge >= 0.3 is 0 Å². The molecule has 1 heterocycles. The van der Waals surface area contributed by atoms with Gasteiger partial charge < -0.3 is 10.6 Å². The van der Waals surface area contributed by atoms with Gasteiger partial charge in [-0.2, -0.15) is 9.57 Å². The van der Waals surface area contributed by atoms with Crippen molar-refractivity contribution in [3.05, 3.63) is 64.7 Å². The third kappa shape index (κ3) is 6.12. The normalized spacial score (nSPS) is 22.5. The Hall–Kier alpha value is -2.73. The fourth-order valence-electron chi connectivity index (χ4n) is 6.34. The summed E-state index contributed by atoms with van der Waals surface area (Å²) in [5.74, 6) is -0.104. The highest BCUT2D eigenvalue weighted by molar-refractivity contribution is 7.89. The van der Waals surface area contributed by atoms with Gasteiger partial charge in [-0.15, -0.1) is 0 Å². The third-order valence-electron chi connectivity index (χ3n) is 8.37. The Kier molecular flexibility index (Phi) is 8.47. The second-order valence-corrected chi connectivity index (χ2v) is 12.9. The van der Waals surface area contributed by atoms with Gasteiger partial charge in [-0.25, -0.2) is 8.42 Å². The van der Waals surface area contributed by atoms with Crippen LogP contribution in [0, 0.1) is 11.3 Å². The highest BCUT2D eigenvalue weighted by Crippen LogP contribution is 2.32. The summed E-state index contributed by atoms with van der Waals surface area (Å²) in [5.41, 5.74) is 4.11. The molecule has 0 radical (unpaired) electrons. The second-order valence-electron chi connectivity index (χ2n) is 11.0. The number of rotatable bonds is 8. The number of carbonyl (C=O) groups is 1. The monoisotopic (exact) mass is 534 g/mol. The minimum Gasteiger partial charge on any atom is -0.349 e. The molecule has 1 saturated carbocycles. The summed E-state index contributed by atoms with van der Waals surface area (Å²) in [4.78, 5) is 13.3. The third-order valence-corrected chi connectivity index (χ3v) is 10.3. The molecule has 0 aromatic heterocycles. The quantitative estimate of drug-likeness (QED) is 0.510. The number of nitrogens with zero attached hydrogens (tertiary/aromatic N) is 2. The number of nitriles is 1. The first-order chi connectivity index (χ1) is 18.4. The zero-order valence-electron chi connectivity index (χ0n) is 22.0. The van der Waals surface area contributed by atoms with Crippen LogP contribution in [-0.2, 0) is 27.8 Å². The van der Waals surface area contributed by atoms with Crippen molar-refractivity contribution in [2.75, 3.05) is 6.54 Å². The summed E-state index contributed by atoms with van der Waals surface area (Å²) in [7, 11) is -3.79. The zero-order valence-corrected chi connectivity index (χ0v) is 22.8. The SMILES string of the molecule is N#Cc1cccc(S(=O)(=O)N2CCCC[C@H]2CC(=O)N[C@@H]2CCCc3cc(CNC4CCCC4)ccc32)c1. The van der Waals surface area contributed by atoms with Crippen LogP contribution in [0.1, 0.15) is 92.5 Å². The zero-order chi connectivity index (χ0) is 26.5. The van der Waals surface area contributed by atoms with Crippen molar-refractivity contribution in [2.45, 2.75) is 100 Å². The number of aryl methyl sites for hydroxylation is 1. The lowest BCUT2D eigenvalue weighted by atomic mass is 9.86. The molecule has 38 heavy (non-hydrogen) atoms. The van der Waals surface area contributed by atoms with Gasteiger partial charge in [-0.1, -0.05) is 43.5 Å². The van der Waals surface area contributed by atoms with Crippen LogP contribution in [0.4, 0.5) is 0 Å². The lowest BCUT2D eigenvalue weighted by molar-refractivity contribution is -0.123. The van der Waals surface area contributed by atoms with Crippen LogP contribution >= 0.6 is 0 Å². The van der Waals surface area contributed by atoms with Crippen LogP contribution in [0.3, 0.4) is 0 Å². The van der Waals surface area contributed by atoms with Crippen molar-refractivity contribution in [1.82, 2.24) is 14.9 Å². The van der Waals surface area contributed by atoms with E-state index in [4.69, 9.17) is 0 Å². The van der Waals surface area contributed by atoms with Crippen molar-refractivity contribution in [2.24, 2.45) is 0 Å². The summed E-state index contributed by atoms with van der Waals surface area (Å²) in [5, 5.41) is 16.1. The van der Waals surface area contributed by atoms with Gasteiger partial charge in [0.15, 0.2) is 0 Å². The predicted molar refractivity (Wildman–Crippen MR) is 147 cm³/mol. The molecule has 2 aromatic rings. The molecule has 7 nitrogen and oxygen atoms in total. The number of amides is 1. The average Bonchev–Trinajstić information content (AvgIpc) is 3.46. The van der Waals surface area contributed by atoms with E-state index in [0.29, 0.717) is 24.6 Å². The summed E-state index contributed by atoms with van der Waals surface area (Å²) in [6.07, 6.45) is 10.6. The topological polar surface area (TPSA) is 102 Å². The molecular weight excluding hydrogens is 496 g/mol. The number of hydrogen-bond acceptors (Lipinski definition) is 5. The molecule has 202 valence electrons. The molecule has 8 heteroatoms. The van der Waals surface area contributed by atoms with Gasteiger partial charge in [0.25, 0.3) is 0 Å². The van der Waals surface area contributed by atoms with E-state index in [2.05, 4.69) is 28.8 Å². The number of sulfonamides is 1. The van der Waals surface area contributed by atoms with Gasteiger partial charge in [0.2, 0.25) is 15.9 Å². The molecule has 0 spiro atoms. The molecule has 2 fully saturated rings. The standard InChI is InChI=1S/C30H38N4O3S/c31-20-22-7-5-12-27(18-22)38(36,37)34-16-4-3-11-26(34)19-30(35)33-29-13-6-8-24-17-23(14-15-28(24)29)21-32-25-9-1-2-10-25/h5,7,12,14-15,17-18,25-26,29,32H,1-4,6,8-11,13,16,19,21H2,(H,33,35)/t26-,29+/m0/s1. The lowest BCUT2D eigenvalue weighted by Gasteiger charge is -2.35. The van der Waals surface area contributed by atoms with Crippen molar-refractivity contribution < 1.29 is 13.2 Å². The van der Waals surface area contributed by atoms with Gasteiger partial charge in [-0.3, -0.25) is 4.79 Å². The summed E-state index contributed by atoms with van der Waals surface area (Å²) in [6, 6.07) is 15.0. The van der Waals surface area contributed by atoms with E-state index in [0.717, 1.165) is 38.6 Å². The fourth-order valence-corrected chi connectivity index (χ4v) is 8.08. The predicted octanol–water partition coefficient (Wildman–Crippen LogP) is 4.72. The molecule has 3 aliphatic rings. The highest BCUT2D eigenvalue weighted by atomic mass is 32.2. The van der Waals surface area contributed by atoms with Crippen LogP contribution in [0.15, 0.2) is 47.4 Å². The Morgan fingerprint density at radius 1 is 1.00 bits per heavy atom. The van der Waals surface area contributed by atoms with E-state index < -0.39 is 10.0 Å². The maximum atomic E-state index is 13.4. The van der Waals surface area contributed by atoms with E-state index in [1.165, 1.54) is 58.8 Å². The Balaban J connectivity index is 1.24. The largest absolute Gasteiger partial charge is 0.349 e. The van der Waals surface area contributed by atoms with Crippen LogP contribution in [0.2, 0.25) is 0 Å². The second kappa shape index (κ2) is 12.0. The maximum absolute atomic E-state index is 13.4. The molecular formula is C30H38N4O3S. The number of carbonyl (C=O) groups excluding carboxylic acids is 1. The first-order valence-electron chi connectivity index (χ1n) is 14.1. The summed E-state index contributed by atoms with van der Waals surface area (Å²) >= 11 is 0. The minimum atomic E-state index is -3.79. The molecule has 2 aromatic carbocycles. The van der Waals surface area contributed by atoms with Gasteiger partial charge in [0, 0.05) is 31.6 Å². The first kappa shape index (κ1) is 26.9. The van der Waals surface area contributed by atoms with Crippen molar-refractivity contribution in [3.63, 3.8) is 0 Å². The summed E-state index contributed by atoms with van der Waals surface area (Å²) in [6.45, 7) is 1.28. The minimum absolute atomic E-state index is 0.0379. The Labute approximate surface area is 226 Å². The molecule has 0 bridgehead atoms. The molecule has 1 amide bonds. The van der Waals surface area contributed by atoms with Gasteiger partial charge in [-0.05, 0) is 79.8 Å². The molecule has 0 unspecified atom stereocenters. The molecule has 2 atom stereocenters. The lowest BCUT2D eigenvalue weighted by Crippen LogP contribution is -2.46. The van der Waals surface area contributed by atoms with Crippen LogP contribution in [0.25, 0.3) is 0 Å².